The van der Waals surface area contributed by atoms with Gasteiger partial charge in [0, 0.05) is 11.3 Å². The van der Waals surface area contributed by atoms with Gasteiger partial charge in [0.15, 0.2) is 0 Å². The minimum atomic E-state index is -0.0704. The molecular weight excluding hydrogens is 246 g/mol. The fourth-order valence-corrected chi connectivity index (χ4v) is 3.85. The highest BCUT2D eigenvalue weighted by atomic mass is 32.2. The second-order valence-electron chi connectivity index (χ2n) is 5.46. The molecule has 2 N–H and O–H groups in total. The molecule has 1 aliphatic carbocycles. The van der Waals surface area contributed by atoms with Crippen molar-refractivity contribution in [3.8, 4) is 0 Å². The Hall–Kier alpha value is -0.220. The van der Waals surface area contributed by atoms with Crippen LogP contribution in [0.1, 0.15) is 52.4 Å². The van der Waals surface area contributed by atoms with Crippen LogP contribution in [-0.4, -0.2) is 30.1 Å². The van der Waals surface area contributed by atoms with Gasteiger partial charge in [0.25, 0.3) is 0 Å². The highest BCUT2D eigenvalue weighted by molar-refractivity contribution is 8.00. The van der Waals surface area contributed by atoms with Gasteiger partial charge < -0.3 is 10.5 Å². The highest BCUT2D eigenvalue weighted by Crippen LogP contribution is 2.52. The molecular formula is C14H27NO2S. The van der Waals surface area contributed by atoms with Gasteiger partial charge in [-0.3, -0.25) is 4.79 Å². The van der Waals surface area contributed by atoms with Gasteiger partial charge in [0.1, 0.15) is 0 Å². The zero-order chi connectivity index (χ0) is 13.6. The van der Waals surface area contributed by atoms with Crippen molar-refractivity contribution in [1.82, 2.24) is 0 Å². The van der Waals surface area contributed by atoms with Gasteiger partial charge in [-0.2, -0.15) is 11.8 Å². The molecule has 0 radical (unpaired) electrons. The molecule has 4 heteroatoms. The monoisotopic (exact) mass is 273 g/mol. The molecule has 0 spiro atoms. The number of carbonyl (C=O) groups is 1. The van der Waals surface area contributed by atoms with Crippen LogP contribution in [0.4, 0.5) is 0 Å². The van der Waals surface area contributed by atoms with Crippen molar-refractivity contribution in [2.45, 2.75) is 63.7 Å². The average Bonchev–Trinajstić information content (AvgIpc) is 3.10. The van der Waals surface area contributed by atoms with Crippen molar-refractivity contribution in [3.63, 3.8) is 0 Å². The molecule has 0 aromatic carbocycles. The molecule has 106 valence electrons. The Kier molecular flexibility index (Phi) is 6.50. The number of rotatable bonds is 9. The molecule has 2 atom stereocenters. The maximum absolute atomic E-state index is 11.4. The fourth-order valence-electron chi connectivity index (χ4n) is 2.27. The third-order valence-corrected chi connectivity index (χ3v) is 5.70. The quantitative estimate of drug-likeness (QED) is 0.656. The van der Waals surface area contributed by atoms with E-state index in [0.29, 0.717) is 17.7 Å². The van der Waals surface area contributed by atoms with Crippen molar-refractivity contribution in [3.05, 3.63) is 0 Å². The van der Waals surface area contributed by atoms with Crippen LogP contribution in [0.5, 0.6) is 0 Å². The van der Waals surface area contributed by atoms with Crippen molar-refractivity contribution in [2.75, 3.05) is 12.9 Å². The first-order chi connectivity index (χ1) is 8.56. The molecule has 18 heavy (non-hydrogen) atoms. The summed E-state index contributed by atoms with van der Waals surface area (Å²) < 4.78 is 4.77. The number of esters is 1. The summed E-state index contributed by atoms with van der Waals surface area (Å²) in [5, 5.41) is 0.528. The van der Waals surface area contributed by atoms with E-state index in [2.05, 4.69) is 13.8 Å². The Bertz CT molecular complexity index is 267. The van der Waals surface area contributed by atoms with Crippen LogP contribution in [-0.2, 0) is 9.53 Å². The SMILES string of the molecule is CCCC(N)C(CC)SCC1(CC(=O)OC)CC1. The summed E-state index contributed by atoms with van der Waals surface area (Å²) in [6.45, 7) is 4.38. The highest BCUT2D eigenvalue weighted by Gasteiger charge is 2.45. The lowest BCUT2D eigenvalue weighted by Crippen LogP contribution is -2.32. The molecule has 1 saturated carbocycles. The molecule has 1 aliphatic rings. The van der Waals surface area contributed by atoms with Crippen molar-refractivity contribution < 1.29 is 9.53 Å². The van der Waals surface area contributed by atoms with E-state index >= 15 is 0 Å². The van der Waals surface area contributed by atoms with Crippen molar-refractivity contribution in [1.29, 1.82) is 0 Å². The van der Waals surface area contributed by atoms with E-state index in [0.717, 1.165) is 37.9 Å². The van der Waals surface area contributed by atoms with Crippen LogP contribution in [0.25, 0.3) is 0 Å². The van der Waals surface area contributed by atoms with E-state index in [1.54, 1.807) is 0 Å². The molecule has 0 aromatic heterocycles. The summed E-state index contributed by atoms with van der Waals surface area (Å²) in [5.41, 5.74) is 6.42. The van der Waals surface area contributed by atoms with Gasteiger partial charge >= 0.3 is 5.97 Å². The molecule has 1 fully saturated rings. The van der Waals surface area contributed by atoms with Crippen LogP contribution < -0.4 is 5.73 Å². The third-order valence-electron chi connectivity index (χ3n) is 3.81. The molecule has 0 saturated heterocycles. The van der Waals surface area contributed by atoms with E-state index in [1.807, 2.05) is 11.8 Å². The predicted molar refractivity (Wildman–Crippen MR) is 77.7 cm³/mol. The maximum Gasteiger partial charge on any atom is 0.306 e. The number of nitrogens with two attached hydrogens (primary N) is 1. The van der Waals surface area contributed by atoms with Crippen LogP contribution in [0.3, 0.4) is 0 Å². The van der Waals surface area contributed by atoms with Crippen LogP contribution in [0.2, 0.25) is 0 Å². The summed E-state index contributed by atoms with van der Waals surface area (Å²) >= 11 is 1.96. The van der Waals surface area contributed by atoms with Gasteiger partial charge in [-0.25, -0.2) is 0 Å². The minimum Gasteiger partial charge on any atom is -0.469 e. The van der Waals surface area contributed by atoms with Crippen LogP contribution in [0, 0.1) is 5.41 Å². The van der Waals surface area contributed by atoms with E-state index in [4.69, 9.17) is 10.5 Å². The Morgan fingerprint density at radius 3 is 2.56 bits per heavy atom. The lowest BCUT2D eigenvalue weighted by atomic mass is 10.1. The van der Waals surface area contributed by atoms with Crippen LogP contribution in [0.15, 0.2) is 0 Å². The second kappa shape index (κ2) is 7.39. The van der Waals surface area contributed by atoms with Crippen LogP contribution >= 0.6 is 11.8 Å². The number of methoxy groups -OCH3 is 1. The molecule has 0 amide bonds. The summed E-state index contributed by atoms with van der Waals surface area (Å²) in [7, 11) is 1.47. The minimum absolute atomic E-state index is 0.0704. The van der Waals surface area contributed by atoms with Gasteiger partial charge in [-0.15, -0.1) is 0 Å². The van der Waals surface area contributed by atoms with E-state index in [1.165, 1.54) is 7.11 Å². The second-order valence-corrected chi connectivity index (χ2v) is 6.69. The van der Waals surface area contributed by atoms with Crippen molar-refractivity contribution in [2.24, 2.45) is 11.1 Å². The largest absolute Gasteiger partial charge is 0.469 e. The summed E-state index contributed by atoms with van der Waals surface area (Å²) in [5.74, 6) is 0.983. The number of carbonyl (C=O) groups excluding carboxylic acids is 1. The molecule has 0 aromatic rings. The summed E-state index contributed by atoms with van der Waals surface area (Å²) in [6.07, 6.45) is 6.25. The number of hydrogen-bond acceptors (Lipinski definition) is 4. The number of hydrogen-bond donors (Lipinski definition) is 1. The topological polar surface area (TPSA) is 52.3 Å². The number of ether oxygens (including phenoxy) is 1. The third kappa shape index (κ3) is 4.81. The standard InChI is InChI=1S/C14H27NO2S/c1-4-6-11(15)12(5-2)18-10-14(7-8-14)9-13(16)17-3/h11-12H,4-10,15H2,1-3H3. The van der Waals surface area contributed by atoms with Gasteiger partial charge in [-0.1, -0.05) is 20.3 Å². The van der Waals surface area contributed by atoms with Gasteiger partial charge in [0.2, 0.25) is 0 Å². The van der Waals surface area contributed by atoms with E-state index < -0.39 is 0 Å². The normalized spacial score (nSPS) is 20.2. The molecule has 2 unspecified atom stereocenters. The Morgan fingerprint density at radius 2 is 2.11 bits per heavy atom. The molecule has 0 bridgehead atoms. The van der Waals surface area contributed by atoms with Gasteiger partial charge in [-0.05, 0) is 36.9 Å². The first-order valence-electron chi connectivity index (χ1n) is 7.01. The van der Waals surface area contributed by atoms with Crippen molar-refractivity contribution >= 4 is 17.7 Å². The molecule has 1 rings (SSSR count). The zero-order valence-electron chi connectivity index (χ0n) is 11.9. The first-order valence-corrected chi connectivity index (χ1v) is 8.05. The Balaban J connectivity index is 2.36. The predicted octanol–water partition coefficient (Wildman–Crippen LogP) is 2.97. The first kappa shape index (κ1) is 15.8. The smallest absolute Gasteiger partial charge is 0.306 e. The summed E-state index contributed by atoms with van der Waals surface area (Å²) in [4.78, 5) is 11.4. The maximum atomic E-state index is 11.4. The average molecular weight is 273 g/mol. The Morgan fingerprint density at radius 1 is 1.44 bits per heavy atom. The molecule has 3 nitrogen and oxygen atoms in total. The Labute approximate surface area is 115 Å². The zero-order valence-corrected chi connectivity index (χ0v) is 12.7. The van der Waals surface area contributed by atoms with Gasteiger partial charge in [0.05, 0.1) is 13.5 Å². The molecule has 0 heterocycles. The van der Waals surface area contributed by atoms with E-state index in [9.17, 15) is 4.79 Å². The lowest BCUT2D eigenvalue weighted by molar-refractivity contribution is -0.141. The molecule has 0 aliphatic heterocycles. The van der Waals surface area contributed by atoms with E-state index in [-0.39, 0.29) is 11.4 Å². The number of thioether (sulfide) groups is 1. The lowest BCUT2D eigenvalue weighted by Gasteiger charge is -2.24. The fraction of sp³-hybridized carbons (Fsp3) is 0.929. The summed E-state index contributed by atoms with van der Waals surface area (Å²) in [6, 6.07) is 0.291.